The molecule has 2 atom stereocenters. The Morgan fingerprint density at radius 2 is 2.56 bits per heavy atom. The van der Waals surface area contributed by atoms with E-state index >= 15 is 0 Å². The number of rotatable bonds is 2. The minimum absolute atomic E-state index is 0.231. The summed E-state index contributed by atoms with van der Waals surface area (Å²) in [5.41, 5.74) is 5.37. The predicted molar refractivity (Wildman–Crippen MR) is 34.2 cm³/mol. The Labute approximate surface area is 55.1 Å². The van der Waals surface area contributed by atoms with Gasteiger partial charge in [-0.2, -0.15) is 0 Å². The van der Waals surface area contributed by atoms with Gasteiger partial charge in [0.2, 0.25) is 0 Å². The van der Waals surface area contributed by atoms with Crippen LogP contribution in [-0.2, 0) is 9.47 Å². The van der Waals surface area contributed by atoms with Crippen LogP contribution in [0.2, 0.25) is 0 Å². The van der Waals surface area contributed by atoms with Crippen LogP contribution in [0.1, 0.15) is 6.42 Å². The molecular weight excluding hydrogens is 118 g/mol. The molecule has 0 aromatic carbocycles. The highest BCUT2D eigenvalue weighted by Crippen LogP contribution is 2.13. The predicted octanol–water partition coefficient (Wildman–Crippen LogP) is -0.251. The van der Waals surface area contributed by atoms with Crippen molar-refractivity contribution in [1.82, 2.24) is 0 Å². The molecule has 0 aromatic rings. The average Bonchev–Trinajstić information content (AvgIpc) is 2.34. The molecule has 0 unspecified atom stereocenters. The number of hydrogen-bond donors (Lipinski definition) is 1. The van der Waals surface area contributed by atoms with Gasteiger partial charge in [0.05, 0.1) is 18.8 Å². The van der Waals surface area contributed by atoms with Crippen molar-refractivity contribution in [3.63, 3.8) is 0 Å². The second kappa shape index (κ2) is 3.15. The number of ether oxygens (including phenoxy) is 2. The number of nitrogens with two attached hydrogens (primary N) is 1. The first-order chi connectivity index (χ1) is 4.36. The lowest BCUT2D eigenvalue weighted by Crippen LogP contribution is -2.19. The second-order valence-corrected chi connectivity index (χ2v) is 2.28. The third-order valence-electron chi connectivity index (χ3n) is 1.64. The first-order valence-electron chi connectivity index (χ1n) is 3.21. The van der Waals surface area contributed by atoms with E-state index in [9.17, 15) is 0 Å². The summed E-state index contributed by atoms with van der Waals surface area (Å²) >= 11 is 0. The largest absolute Gasteiger partial charge is 0.379 e. The molecule has 0 aromatic heterocycles. The summed E-state index contributed by atoms with van der Waals surface area (Å²) in [5.74, 6) is 0. The molecule has 1 aliphatic rings. The molecule has 0 spiro atoms. The normalized spacial score (nSPS) is 35.3. The van der Waals surface area contributed by atoms with E-state index in [2.05, 4.69) is 0 Å². The first kappa shape index (κ1) is 6.99. The highest BCUT2D eigenvalue weighted by Gasteiger charge is 2.23. The van der Waals surface area contributed by atoms with Gasteiger partial charge >= 0.3 is 0 Å². The lowest BCUT2D eigenvalue weighted by Gasteiger charge is -2.03. The third kappa shape index (κ3) is 1.64. The van der Waals surface area contributed by atoms with Crippen LogP contribution < -0.4 is 5.73 Å². The smallest absolute Gasteiger partial charge is 0.0830 e. The van der Waals surface area contributed by atoms with Crippen LogP contribution in [-0.4, -0.2) is 32.5 Å². The molecule has 9 heavy (non-hydrogen) atoms. The van der Waals surface area contributed by atoms with E-state index in [1.807, 2.05) is 0 Å². The van der Waals surface area contributed by atoms with Crippen LogP contribution in [0.25, 0.3) is 0 Å². The Balaban J connectivity index is 2.20. The highest BCUT2D eigenvalue weighted by molar-refractivity contribution is 4.73. The summed E-state index contributed by atoms with van der Waals surface area (Å²) in [5, 5.41) is 0. The van der Waals surface area contributed by atoms with Gasteiger partial charge in [-0.15, -0.1) is 0 Å². The summed E-state index contributed by atoms with van der Waals surface area (Å²) in [7, 11) is 1.70. The van der Waals surface area contributed by atoms with E-state index in [1.165, 1.54) is 0 Å². The van der Waals surface area contributed by atoms with Gasteiger partial charge in [0.15, 0.2) is 0 Å². The van der Waals surface area contributed by atoms with Crippen molar-refractivity contribution in [2.45, 2.75) is 18.6 Å². The van der Waals surface area contributed by atoms with Crippen molar-refractivity contribution in [2.75, 3.05) is 20.3 Å². The van der Waals surface area contributed by atoms with Crippen LogP contribution in [0, 0.1) is 0 Å². The molecule has 1 heterocycles. The number of methoxy groups -OCH3 is 1. The maximum atomic E-state index is 5.37. The van der Waals surface area contributed by atoms with Crippen molar-refractivity contribution in [3.8, 4) is 0 Å². The molecule has 1 aliphatic heterocycles. The monoisotopic (exact) mass is 131 g/mol. The summed E-state index contributed by atoms with van der Waals surface area (Å²) in [4.78, 5) is 0. The molecule has 1 rings (SSSR count). The van der Waals surface area contributed by atoms with Gasteiger partial charge in [-0.1, -0.05) is 0 Å². The third-order valence-corrected chi connectivity index (χ3v) is 1.64. The Kier molecular flexibility index (Phi) is 2.45. The number of hydrogen-bond acceptors (Lipinski definition) is 3. The molecule has 0 radical (unpaired) electrons. The van der Waals surface area contributed by atoms with Gasteiger partial charge in [0.1, 0.15) is 0 Å². The van der Waals surface area contributed by atoms with Crippen LogP contribution >= 0.6 is 0 Å². The van der Waals surface area contributed by atoms with Crippen molar-refractivity contribution in [2.24, 2.45) is 5.73 Å². The van der Waals surface area contributed by atoms with E-state index in [1.54, 1.807) is 7.11 Å². The molecule has 0 aliphatic carbocycles. The van der Waals surface area contributed by atoms with Crippen molar-refractivity contribution in [1.29, 1.82) is 0 Å². The van der Waals surface area contributed by atoms with Gasteiger partial charge in [0, 0.05) is 20.1 Å². The lowest BCUT2D eigenvalue weighted by atomic mass is 10.2. The first-order valence-corrected chi connectivity index (χ1v) is 3.21. The topological polar surface area (TPSA) is 44.5 Å². The molecule has 0 saturated carbocycles. The summed E-state index contributed by atoms with van der Waals surface area (Å²) in [6, 6.07) is 0. The minimum Gasteiger partial charge on any atom is -0.379 e. The standard InChI is InChI=1S/C6H13NO2/c1-8-6-2-5(3-7)9-4-6/h5-6H,2-4,7H2,1H3/t5-,6+/m0/s1. The highest BCUT2D eigenvalue weighted by atomic mass is 16.5. The quantitative estimate of drug-likeness (QED) is 0.562. The zero-order valence-corrected chi connectivity index (χ0v) is 5.67. The Hall–Kier alpha value is -0.120. The average molecular weight is 131 g/mol. The van der Waals surface area contributed by atoms with Gasteiger partial charge in [-0.05, 0) is 0 Å². The molecule has 1 saturated heterocycles. The second-order valence-electron chi connectivity index (χ2n) is 2.28. The van der Waals surface area contributed by atoms with Gasteiger partial charge in [0.25, 0.3) is 0 Å². The van der Waals surface area contributed by atoms with Gasteiger partial charge in [-0.25, -0.2) is 0 Å². The van der Waals surface area contributed by atoms with E-state index in [-0.39, 0.29) is 12.2 Å². The van der Waals surface area contributed by atoms with E-state index in [0.717, 1.165) is 6.42 Å². The van der Waals surface area contributed by atoms with Crippen molar-refractivity contribution >= 4 is 0 Å². The fraction of sp³-hybridized carbons (Fsp3) is 1.00. The van der Waals surface area contributed by atoms with E-state index in [0.29, 0.717) is 13.2 Å². The summed E-state index contributed by atoms with van der Waals surface area (Å²) < 4.78 is 10.3. The molecule has 0 amide bonds. The minimum atomic E-state index is 0.231. The van der Waals surface area contributed by atoms with Crippen LogP contribution in [0.15, 0.2) is 0 Å². The summed E-state index contributed by atoms with van der Waals surface area (Å²) in [6.45, 7) is 1.32. The van der Waals surface area contributed by atoms with Crippen LogP contribution in [0.5, 0.6) is 0 Å². The Bertz CT molecular complexity index is 77.1. The maximum absolute atomic E-state index is 5.37. The summed E-state index contributed by atoms with van der Waals surface area (Å²) in [6.07, 6.45) is 1.46. The zero-order valence-electron chi connectivity index (χ0n) is 5.67. The van der Waals surface area contributed by atoms with E-state index in [4.69, 9.17) is 15.2 Å². The fourth-order valence-corrected chi connectivity index (χ4v) is 1.00. The molecule has 0 bridgehead atoms. The molecule has 3 heteroatoms. The fourth-order valence-electron chi connectivity index (χ4n) is 1.00. The molecule has 3 nitrogen and oxygen atoms in total. The molecular formula is C6H13NO2. The Morgan fingerprint density at radius 3 is 2.89 bits per heavy atom. The van der Waals surface area contributed by atoms with Crippen LogP contribution in [0.4, 0.5) is 0 Å². The van der Waals surface area contributed by atoms with Crippen molar-refractivity contribution < 1.29 is 9.47 Å². The van der Waals surface area contributed by atoms with Gasteiger partial charge < -0.3 is 15.2 Å². The molecule has 54 valence electrons. The molecule has 1 fully saturated rings. The zero-order chi connectivity index (χ0) is 6.69. The van der Waals surface area contributed by atoms with Crippen molar-refractivity contribution in [3.05, 3.63) is 0 Å². The van der Waals surface area contributed by atoms with E-state index < -0.39 is 0 Å². The lowest BCUT2D eigenvalue weighted by molar-refractivity contribution is 0.0689. The maximum Gasteiger partial charge on any atom is 0.0830 e. The Morgan fingerprint density at radius 1 is 1.78 bits per heavy atom. The van der Waals surface area contributed by atoms with Gasteiger partial charge in [-0.3, -0.25) is 0 Å². The molecule has 2 N–H and O–H groups in total. The SMILES string of the molecule is CO[C@H]1CO[C@H](CN)C1. The van der Waals surface area contributed by atoms with Crippen LogP contribution in [0.3, 0.4) is 0 Å².